The minimum Gasteiger partial charge on any atom is -0.283 e. The Morgan fingerprint density at radius 1 is 1.29 bits per heavy atom. The molecule has 1 aromatic rings. The molecule has 0 aliphatic heterocycles. The molecule has 0 saturated carbocycles. The number of rotatable bonds is 5. The van der Waals surface area contributed by atoms with E-state index in [-0.39, 0.29) is 12.2 Å². The smallest absolute Gasteiger partial charge is 0.232 e. The van der Waals surface area contributed by atoms with E-state index in [1.54, 1.807) is 19.1 Å². The van der Waals surface area contributed by atoms with E-state index in [0.717, 1.165) is 12.0 Å². The van der Waals surface area contributed by atoms with E-state index in [9.17, 15) is 8.42 Å². The first-order valence-corrected chi connectivity index (χ1v) is 8.50. The van der Waals surface area contributed by atoms with Crippen molar-refractivity contribution in [1.82, 2.24) is 0 Å². The van der Waals surface area contributed by atoms with Crippen molar-refractivity contribution in [3.8, 4) is 6.07 Å². The molecule has 110 valence electrons. The second-order valence-corrected chi connectivity index (χ2v) is 6.98. The van der Waals surface area contributed by atoms with Gasteiger partial charge in [0.2, 0.25) is 10.0 Å². The normalized spacial score (nSPS) is 16.4. The maximum atomic E-state index is 11.9. The second-order valence-electron chi connectivity index (χ2n) is 4.97. The number of benzene rings is 1. The van der Waals surface area contributed by atoms with E-state index < -0.39 is 15.4 Å². The lowest BCUT2D eigenvalue weighted by molar-refractivity contribution is 0.602. The molecule has 0 unspecified atom stereocenters. The van der Waals surface area contributed by atoms with Crippen molar-refractivity contribution in [1.29, 1.82) is 5.26 Å². The van der Waals surface area contributed by atoms with Gasteiger partial charge in [-0.05, 0) is 25.0 Å². The fraction of sp³-hybridized carbons (Fsp3) is 0.312. The van der Waals surface area contributed by atoms with Gasteiger partial charge in [0.1, 0.15) is 0 Å². The van der Waals surface area contributed by atoms with Crippen LogP contribution in [0.25, 0.3) is 0 Å². The number of nitrogens with one attached hydrogen (secondary N) is 1. The summed E-state index contributed by atoms with van der Waals surface area (Å²) in [6.45, 7) is 1.59. The number of sulfonamides is 1. The van der Waals surface area contributed by atoms with Crippen molar-refractivity contribution in [2.75, 3.05) is 10.5 Å². The largest absolute Gasteiger partial charge is 0.283 e. The lowest BCUT2D eigenvalue weighted by Crippen LogP contribution is -2.25. The van der Waals surface area contributed by atoms with Gasteiger partial charge >= 0.3 is 0 Å². The summed E-state index contributed by atoms with van der Waals surface area (Å²) in [4.78, 5) is 0. The van der Waals surface area contributed by atoms with Gasteiger partial charge in [-0.2, -0.15) is 5.26 Å². The van der Waals surface area contributed by atoms with Crippen molar-refractivity contribution in [2.24, 2.45) is 0 Å². The van der Waals surface area contributed by atoms with Crippen LogP contribution in [-0.2, 0) is 15.4 Å². The first-order valence-electron chi connectivity index (χ1n) is 6.85. The molecule has 0 saturated heterocycles. The third kappa shape index (κ3) is 3.34. The molecule has 0 radical (unpaired) electrons. The summed E-state index contributed by atoms with van der Waals surface area (Å²) in [6.07, 6.45) is 9.07. The highest BCUT2D eigenvalue weighted by Gasteiger charge is 2.30. The van der Waals surface area contributed by atoms with Crippen LogP contribution in [0.2, 0.25) is 0 Å². The summed E-state index contributed by atoms with van der Waals surface area (Å²) in [6, 6.07) is 9.44. The van der Waals surface area contributed by atoms with Gasteiger partial charge in [-0.3, -0.25) is 4.72 Å². The average molecular weight is 302 g/mol. The second kappa shape index (κ2) is 6.15. The van der Waals surface area contributed by atoms with Gasteiger partial charge in [-0.15, -0.1) is 0 Å². The van der Waals surface area contributed by atoms with Crippen molar-refractivity contribution >= 4 is 15.7 Å². The van der Waals surface area contributed by atoms with Crippen LogP contribution in [0.1, 0.15) is 25.3 Å². The Hall–Kier alpha value is -2.06. The van der Waals surface area contributed by atoms with Gasteiger partial charge < -0.3 is 0 Å². The van der Waals surface area contributed by atoms with E-state index in [2.05, 4.69) is 10.8 Å². The number of nitrogens with zero attached hydrogens (tertiary/aromatic N) is 1. The molecule has 21 heavy (non-hydrogen) atoms. The molecule has 0 spiro atoms. The molecule has 0 amide bonds. The lowest BCUT2D eigenvalue weighted by atomic mass is 9.75. The van der Waals surface area contributed by atoms with Crippen molar-refractivity contribution in [2.45, 2.75) is 25.2 Å². The van der Waals surface area contributed by atoms with Crippen LogP contribution in [-0.4, -0.2) is 14.2 Å². The maximum Gasteiger partial charge on any atom is 0.232 e. The van der Waals surface area contributed by atoms with Gasteiger partial charge in [-0.25, -0.2) is 8.42 Å². The Morgan fingerprint density at radius 3 is 2.57 bits per heavy atom. The van der Waals surface area contributed by atoms with Gasteiger partial charge in [-0.1, -0.05) is 42.5 Å². The van der Waals surface area contributed by atoms with Crippen LogP contribution in [0.3, 0.4) is 0 Å². The highest BCUT2D eigenvalue weighted by Crippen LogP contribution is 2.38. The van der Waals surface area contributed by atoms with E-state index in [4.69, 9.17) is 5.26 Å². The molecule has 1 N–H and O–H groups in total. The van der Waals surface area contributed by atoms with Crippen molar-refractivity contribution < 1.29 is 8.42 Å². The quantitative estimate of drug-likeness (QED) is 0.850. The Balaban J connectivity index is 2.53. The fourth-order valence-electron chi connectivity index (χ4n) is 2.43. The topological polar surface area (TPSA) is 70.0 Å². The molecular weight excluding hydrogens is 284 g/mol. The summed E-state index contributed by atoms with van der Waals surface area (Å²) < 4.78 is 26.3. The van der Waals surface area contributed by atoms with Crippen LogP contribution in [0, 0.1) is 11.3 Å². The van der Waals surface area contributed by atoms with Crippen molar-refractivity contribution in [3.63, 3.8) is 0 Å². The Labute approximate surface area is 125 Å². The summed E-state index contributed by atoms with van der Waals surface area (Å²) >= 11 is 0. The molecule has 0 fully saturated rings. The maximum absolute atomic E-state index is 11.9. The predicted molar refractivity (Wildman–Crippen MR) is 84.3 cm³/mol. The molecular formula is C16H18N2O2S. The van der Waals surface area contributed by atoms with Crippen molar-refractivity contribution in [3.05, 3.63) is 54.1 Å². The number of para-hydroxylation sites is 1. The summed E-state index contributed by atoms with van der Waals surface area (Å²) in [5.74, 6) is 0.0122. The molecule has 1 aromatic carbocycles. The fourth-order valence-corrected chi connectivity index (χ4v) is 3.09. The molecule has 4 nitrogen and oxygen atoms in total. The summed E-state index contributed by atoms with van der Waals surface area (Å²) in [7, 11) is -3.36. The van der Waals surface area contributed by atoms with Gasteiger partial charge in [0.05, 0.1) is 23.9 Å². The minimum atomic E-state index is -3.36. The molecule has 5 heteroatoms. The molecule has 0 heterocycles. The van der Waals surface area contributed by atoms with Crippen LogP contribution < -0.4 is 4.72 Å². The highest BCUT2D eigenvalue weighted by molar-refractivity contribution is 7.92. The van der Waals surface area contributed by atoms with Gasteiger partial charge in [0, 0.05) is 5.41 Å². The highest BCUT2D eigenvalue weighted by atomic mass is 32.2. The molecule has 2 rings (SSSR count). The molecule has 1 aliphatic rings. The molecule has 0 bridgehead atoms. The van der Waals surface area contributed by atoms with E-state index >= 15 is 0 Å². The molecule has 0 aromatic heterocycles. The van der Waals surface area contributed by atoms with Gasteiger partial charge in [0.15, 0.2) is 0 Å². The first kappa shape index (κ1) is 15.3. The average Bonchev–Trinajstić information content (AvgIpc) is 2.49. The lowest BCUT2D eigenvalue weighted by Gasteiger charge is -2.29. The van der Waals surface area contributed by atoms with Crippen LogP contribution in [0.15, 0.2) is 48.6 Å². The number of hydrogen-bond acceptors (Lipinski definition) is 3. The van der Waals surface area contributed by atoms with Crippen LogP contribution in [0.4, 0.5) is 5.69 Å². The molecule has 1 aliphatic carbocycles. The van der Waals surface area contributed by atoms with E-state index in [1.807, 2.05) is 36.4 Å². The number of hydrogen-bond donors (Lipinski definition) is 1. The number of anilines is 1. The Bertz CT molecular complexity index is 700. The zero-order valence-electron chi connectivity index (χ0n) is 11.9. The Kier molecular flexibility index (Phi) is 4.49. The van der Waals surface area contributed by atoms with Gasteiger partial charge in [0.25, 0.3) is 0 Å². The molecule has 0 atom stereocenters. The van der Waals surface area contributed by atoms with Crippen LogP contribution >= 0.6 is 0 Å². The van der Waals surface area contributed by atoms with E-state index in [1.165, 1.54) is 0 Å². The third-order valence-electron chi connectivity index (χ3n) is 3.55. The zero-order chi connectivity index (χ0) is 15.3. The number of nitriles is 1. The summed E-state index contributed by atoms with van der Waals surface area (Å²) in [5, 5.41) is 9.16. The predicted octanol–water partition coefficient (Wildman–Crippen LogP) is 3.12. The number of allylic oxidation sites excluding steroid dienone is 4. The van der Waals surface area contributed by atoms with E-state index in [0.29, 0.717) is 5.69 Å². The standard InChI is InChI=1S/C16H18N2O2S/c1-2-21(19,20)18-15-9-5-4-8-14(15)16(12-13-17)10-6-3-7-11-16/h4-11,18H,2-3,12H2,1H3. The minimum absolute atomic E-state index is 0.0122. The Morgan fingerprint density at radius 2 is 1.95 bits per heavy atom. The first-order chi connectivity index (χ1) is 10.0. The monoisotopic (exact) mass is 302 g/mol. The van der Waals surface area contributed by atoms with Crippen LogP contribution in [0.5, 0.6) is 0 Å². The third-order valence-corrected chi connectivity index (χ3v) is 4.84. The zero-order valence-corrected chi connectivity index (χ0v) is 12.7. The summed E-state index contributed by atoms with van der Waals surface area (Å²) in [5.41, 5.74) is 0.765. The SMILES string of the molecule is CCS(=O)(=O)Nc1ccccc1C1(CC#N)C=CCC=C1.